The largest absolute Gasteiger partial charge is 0.455 e. The Morgan fingerprint density at radius 2 is 1.50 bits per heavy atom. The van der Waals surface area contributed by atoms with Crippen molar-refractivity contribution in [3.8, 4) is 11.1 Å². The highest BCUT2D eigenvalue weighted by Gasteiger charge is 2.35. The fourth-order valence-electron chi connectivity index (χ4n) is 3.84. The molecule has 0 spiro atoms. The smallest absolute Gasteiger partial charge is 0.330 e. The van der Waals surface area contributed by atoms with E-state index in [1.165, 1.54) is 0 Å². The Morgan fingerprint density at radius 1 is 0.750 bits per heavy atom. The second kappa shape index (κ2) is 7.51. The van der Waals surface area contributed by atoms with Crippen molar-refractivity contribution in [2.24, 2.45) is 0 Å². The zero-order chi connectivity index (χ0) is 22.5. The summed E-state index contributed by atoms with van der Waals surface area (Å²) in [4.78, 5) is 0. The summed E-state index contributed by atoms with van der Waals surface area (Å²) in [6.07, 6.45) is 0. The van der Waals surface area contributed by atoms with E-state index >= 15 is 0 Å². The van der Waals surface area contributed by atoms with Crippen LogP contribution < -0.4 is 5.46 Å². The fourth-order valence-corrected chi connectivity index (χ4v) is 3.84. The highest BCUT2D eigenvalue weighted by Crippen LogP contribution is 2.35. The topological polar surface area (TPSA) is 42.6 Å². The average Bonchev–Trinajstić information content (AvgIpc) is 3.16. The minimum Gasteiger partial charge on any atom is -0.455 e. The molecule has 4 heteroatoms. The first-order valence-electron chi connectivity index (χ1n) is 10.9. The van der Waals surface area contributed by atoms with Gasteiger partial charge < -0.3 is 14.2 Å². The third kappa shape index (κ3) is 3.60. The molecular formula is C28H26BO3. The lowest BCUT2D eigenvalue weighted by molar-refractivity contribution is -0.0893. The van der Waals surface area contributed by atoms with Crippen LogP contribution in [-0.4, -0.2) is 23.8 Å². The second-order valence-electron chi connectivity index (χ2n) is 9.41. The monoisotopic (exact) mass is 421 g/mol. The Hall–Kier alpha value is -3.08. The Kier molecular flexibility index (Phi) is 4.88. The predicted octanol–water partition coefficient (Wildman–Crippen LogP) is 6.22. The number of aliphatic hydroxyl groups is 1. The van der Waals surface area contributed by atoms with E-state index < -0.39 is 11.2 Å². The van der Waals surface area contributed by atoms with Crippen molar-refractivity contribution in [2.75, 3.05) is 0 Å². The number of fused-ring (bicyclic) bond motifs is 5. The van der Waals surface area contributed by atoms with Gasteiger partial charge in [-0.05, 0) is 68.5 Å². The second-order valence-corrected chi connectivity index (χ2v) is 9.41. The molecule has 0 amide bonds. The maximum absolute atomic E-state index is 10.3. The van der Waals surface area contributed by atoms with E-state index in [0.717, 1.165) is 49.3 Å². The van der Waals surface area contributed by atoms with Crippen LogP contribution in [0.1, 0.15) is 27.7 Å². The standard InChI is InChI=1S/C28H26BO3/c1-27(2,30)28(3,4)32-29-21-9-7-8-18(17-21)19-12-14-22-20(16-19)13-15-24-23-10-5-6-11-25(23)31-26(22)24/h5-17,30H,1-4H3. The van der Waals surface area contributed by atoms with E-state index in [9.17, 15) is 5.11 Å². The first-order chi connectivity index (χ1) is 15.2. The minimum absolute atomic E-state index is 0.704. The Labute approximate surface area is 188 Å². The number of benzene rings is 4. The average molecular weight is 421 g/mol. The summed E-state index contributed by atoms with van der Waals surface area (Å²) in [5.41, 5.74) is 3.37. The van der Waals surface area contributed by atoms with Gasteiger partial charge in [0.15, 0.2) is 0 Å². The molecule has 1 N–H and O–H groups in total. The van der Waals surface area contributed by atoms with Crippen molar-refractivity contribution in [1.29, 1.82) is 0 Å². The van der Waals surface area contributed by atoms with Crippen LogP contribution in [0.15, 0.2) is 83.3 Å². The maximum atomic E-state index is 10.3. The zero-order valence-electron chi connectivity index (χ0n) is 18.8. The molecule has 4 aromatic carbocycles. The van der Waals surface area contributed by atoms with Crippen LogP contribution in [0.4, 0.5) is 0 Å². The van der Waals surface area contributed by atoms with E-state index in [1.54, 1.807) is 21.3 Å². The zero-order valence-corrected chi connectivity index (χ0v) is 18.8. The minimum atomic E-state index is -0.957. The summed E-state index contributed by atoms with van der Waals surface area (Å²) < 4.78 is 12.1. The molecular weight excluding hydrogens is 395 g/mol. The van der Waals surface area contributed by atoms with Crippen LogP contribution >= 0.6 is 0 Å². The molecule has 3 nitrogen and oxygen atoms in total. The Morgan fingerprint density at radius 3 is 2.31 bits per heavy atom. The summed E-state index contributed by atoms with van der Waals surface area (Å²) >= 11 is 0. The van der Waals surface area contributed by atoms with E-state index in [4.69, 9.17) is 9.07 Å². The number of hydrogen-bond acceptors (Lipinski definition) is 3. The molecule has 5 aromatic rings. The molecule has 159 valence electrons. The van der Waals surface area contributed by atoms with Crippen molar-refractivity contribution >= 4 is 45.7 Å². The molecule has 0 aliphatic heterocycles. The summed E-state index contributed by atoms with van der Waals surface area (Å²) in [7, 11) is 1.72. The van der Waals surface area contributed by atoms with Crippen molar-refractivity contribution in [2.45, 2.75) is 38.9 Å². The lowest BCUT2D eigenvalue weighted by Crippen LogP contribution is -2.49. The van der Waals surface area contributed by atoms with Crippen LogP contribution in [0, 0.1) is 0 Å². The Bertz CT molecular complexity index is 1440. The predicted molar refractivity (Wildman–Crippen MR) is 134 cm³/mol. The summed E-state index contributed by atoms with van der Waals surface area (Å²) in [6.45, 7) is 7.28. The fraction of sp³-hybridized carbons (Fsp3) is 0.214. The van der Waals surface area contributed by atoms with E-state index in [-0.39, 0.29) is 0 Å². The summed E-state index contributed by atoms with van der Waals surface area (Å²) in [5, 5.41) is 14.9. The van der Waals surface area contributed by atoms with Gasteiger partial charge in [0.05, 0.1) is 11.2 Å². The Balaban J connectivity index is 1.49. The first-order valence-corrected chi connectivity index (χ1v) is 10.9. The van der Waals surface area contributed by atoms with Crippen LogP contribution in [0.5, 0.6) is 0 Å². The number of para-hydroxylation sites is 1. The molecule has 1 aromatic heterocycles. The van der Waals surface area contributed by atoms with Crippen molar-refractivity contribution in [3.05, 3.63) is 78.9 Å². The molecule has 0 fully saturated rings. The number of hydrogen-bond donors (Lipinski definition) is 1. The number of rotatable bonds is 5. The van der Waals surface area contributed by atoms with Crippen LogP contribution in [0.3, 0.4) is 0 Å². The van der Waals surface area contributed by atoms with Gasteiger partial charge in [-0.3, -0.25) is 0 Å². The van der Waals surface area contributed by atoms with E-state index in [0.29, 0.717) is 0 Å². The molecule has 1 heterocycles. The molecule has 0 saturated carbocycles. The van der Waals surface area contributed by atoms with Crippen LogP contribution in [-0.2, 0) is 4.65 Å². The third-order valence-corrected chi connectivity index (χ3v) is 6.54. The van der Waals surface area contributed by atoms with Crippen LogP contribution in [0.2, 0.25) is 0 Å². The van der Waals surface area contributed by atoms with Gasteiger partial charge in [0.1, 0.15) is 11.2 Å². The normalized spacial score (nSPS) is 12.7. The van der Waals surface area contributed by atoms with Crippen LogP contribution in [0.25, 0.3) is 43.8 Å². The third-order valence-electron chi connectivity index (χ3n) is 6.54. The van der Waals surface area contributed by atoms with Gasteiger partial charge in [-0.15, -0.1) is 0 Å². The molecule has 0 aliphatic rings. The van der Waals surface area contributed by atoms with Gasteiger partial charge >= 0.3 is 7.48 Å². The molecule has 0 unspecified atom stereocenters. The summed E-state index contributed by atoms with van der Waals surface area (Å²) in [6, 6.07) is 27.2. The highest BCUT2D eigenvalue weighted by molar-refractivity contribution is 6.47. The first kappa shape index (κ1) is 20.8. The van der Waals surface area contributed by atoms with Crippen molar-refractivity contribution in [1.82, 2.24) is 0 Å². The summed E-state index contributed by atoms with van der Waals surface area (Å²) in [5.74, 6) is 0. The van der Waals surface area contributed by atoms with E-state index in [1.807, 2.05) is 44.2 Å². The highest BCUT2D eigenvalue weighted by atomic mass is 16.5. The molecule has 1 radical (unpaired) electrons. The van der Waals surface area contributed by atoms with Gasteiger partial charge in [0, 0.05) is 16.2 Å². The molecule has 0 aliphatic carbocycles. The van der Waals surface area contributed by atoms with Gasteiger partial charge in [-0.25, -0.2) is 0 Å². The maximum Gasteiger partial charge on any atom is 0.330 e. The molecule has 0 atom stereocenters. The van der Waals surface area contributed by atoms with Gasteiger partial charge in [0.2, 0.25) is 0 Å². The lowest BCUT2D eigenvalue weighted by atomic mass is 9.81. The van der Waals surface area contributed by atoms with Gasteiger partial charge in [-0.1, -0.05) is 60.1 Å². The van der Waals surface area contributed by atoms with Gasteiger partial charge in [-0.2, -0.15) is 0 Å². The molecule has 0 bridgehead atoms. The molecule has 0 saturated heterocycles. The quantitative estimate of drug-likeness (QED) is 0.343. The molecule has 32 heavy (non-hydrogen) atoms. The van der Waals surface area contributed by atoms with Crippen molar-refractivity contribution in [3.63, 3.8) is 0 Å². The lowest BCUT2D eigenvalue weighted by Gasteiger charge is -2.37. The SMILES string of the molecule is CC(C)(O)C(C)(C)O[B]c1cccc(-c2ccc3c(ccc4c5ccccc5oc34)c2)c1. The molecule has 5 rings (SSSR count). The van der Waals surface area contributed by atoms with E-state index in [2.05, 4.69) is 48.5 Å². The van der Waals surface area contributed by atoms with Crippen molar-refractivity contribution < 1.29 is 14.2 Å². The number of furan rings is 1. The van der Waals surface area contributed by atoms with Gasteiger partial charge in [0.25, 0.3) is 0 Å².